The standard InChI is InChI=1S/C14H21NS/c1-11(9-10-15-13-5-6-13)12-3-7-14(16-2)8-4-12/h3-4,7-8,11,13,15H,5-6,9-10H2,1-2H3. The Morgan fingerprint density at radius 3 is 2.56 bits per heavy atom. The number of thioether (sulfide) groups is 1. The van der Waals surface area contributed by atoms with Crippen LogP contribution in [0.4, 0.5) is 0 Å². The molecule has 0 aliphatic heterocycles. The molecule has 1 atom stereocenters. The van der Waals surface area contributed by atoms with Crippen molar-refractivity contribution in [2.24, 2.45) is 0 Å². The van der Waals surface area contributed by atoms with Gasteiger partial charge in [0.2, 0.25) is 0 Å². The van der Waals surface area contributed by atoms with Gasteiger partial charge in [-0.3, -0.25) is 0 Å². The number of rotatable bonds is 6. The quantitative estimate of drug-likeness (QED) is 0.755. The minimum absolute atomic E-state index is 0.669. The highest BCUT2D eigenvalue weighted by Crippen LogP contribution is 2.23. The number of benzene rings is 1. The minimum Gasteiger partial charge on any atom is -0.314 e. The van der Waals surface area contributed by atoms with Crippen LogP contribution in [0.5, 0.6) is 0 Å². The third-order valence-electron chi connectivity index (χ3n) is 3.27. The van der Waals surface area contributed by atoms with Gasteiger partial charge < -0.3 is 5.32 Å². The molecule has 1 unspecified atom stereocenters. The zero-order chi connectivity index (χ0) is 11.4. The normalized spacial score (nSPS) is 17.4. The van der Waals surface area contributed by atoms with Crippen LogP contribution in [0.15, 0.2) is 29.2 Å². The zero-order valence-electron chi connectivity index (χ0n) is 10.2. The molecule has 1 aromatic rings. The molecule has 0 spiro atoms. The average Bonchev–Trinajstić information content (AvgIpc) is 3.13. The fraction of sp³-hybridized carbons (Fsp3) is 0.571. The molecule has 1 aliphatic rings. The molecule has 1 aromatic carbocycles. The molecule has 0 bridgehead atoms. The van der Waals surface area contributed by atoms with Gasteiger partial charge in [0.05, 0.1) is 0 Å². The van der Waals surface area contributed by atoms with Crippen molar-refractivity contribution in [2.45, 2.75) is 43.0 Å². The summed E-state index contributed by atoms with van der Waals surface area (Å²) in [7, 11) is 0. The summed E-state index contributed by atoms with van der Waals surface area (Å²) in [5, 5.41) is 3.58. The topological polar surface area (TPSA) is 12.0 Å². The molecule has 88 valence electrons. The summed E-state index contributed by atoms with van der Waals surface area (Å²) < 4.78 is 0. The van der Waals surface area contributed by atoms with E-state index in [0.29, 0.717) is 5.92 Å². The van der Waals surface area contributed by atoms with E-state index in [1.165, 1.54) is 29.7 Å². The molecular formula is C14H21NS. The van der Waals surface area contributed by atoms with Crippen LogP contribution in [0.1, 0.15) is 37.7 Å². The largest absolute Gasteiger partial charge is 0.314 e. The second-order valence-electron chi connectivity index (χ2n) is 4.69. The summed E-state index contributed by atoms with van der Waals surface area (Å²) in [6.07, 6.45) is 6.14. The van der Waals surface area contributed by atoms with Gasteiger partial charge in [0.1, 0.15) is 0 Å². The Kier molecular flexibility index (Phi) is 4.30. The van der Waals surface area contributed by atoms with Gasteiger partial charge in [0.25, 0.3) is 0 Å². The van der Waals surface area contributed by atoms with Gasteiger partial charge >= 0.3 is 0 Å². The van der Waals surface area contributed by atoms with E-state index >= 15 is 0 Å². The summed E-state index contributed by atoms with van der Waals surface area (Å²) >= 11 is 1.81. The van der Waals surface area contributed by atoms with Crippen molar-refractivity contribution >= 4 is 11.8 Å². The molecule has 1 aliphatic carbocycles. The average molecular weight is 235 g/mol. The molecule has 1 saturated carbocycles. The van der Waals surface area contributed by atoms with Crippen molar-refractivity contribution in [3.8, 4) is 0 Å². The number of nitrogens with one attached hydrogen (secondary N) is 1. The summed E-state index contributed by atoms with van der Waals surface area (Å²) in [5.41, 5.74) is 1.47. The highest BCUT2D eigenvalue weighted by atomic mass is 32.2. The lowest BCUT2D eigenvalue weighted by molar-refractivity contribution is 0.592. The molecule has 16 heavy (non-hydrogen) atoms. The monoisotopic (exact) mass is 235 g/mol. The Balaban J connectivity index is 1.79. The van der Waals surface area contributed by atoms with E-state index in [-0.39, 0.29) is 0 Å². The molecule has 0 heterocycles. The highest BCUT2D eigenvalue weighted by Gasteiger charge is 2.20. The van der Waals surface area contributed by atoms with Crippen LogP contribution in [0, 0.1) is 0 Å². The van der Waals surface area contributed by atoms with Gasteiger partial charge in [-0.1, -0.05) is 19.1 Å². The zero-order valence-corrected chi connectivity index (χ0v) is 11.0. The number of hydrogen-bond donors (Lipinski definition) is 1. The van der Waals surface area contributed by atoms with E-state index in [0.717, 1.165) is 12.6 Å². The van der Waals surface area contributed by atoms with Crippen LogP contribution in [-0.2, 0) is 0 Å². The Morgan fingerprint density at radius 1 is 1.31 bits per heavy atom. The van der Waals surface area contributed by atoms with E-state index in [1.807, 2.05) is 0 Å². The second-order valence-corrected chi connectivity index (χ2v) is 5.57. The Hall–Kier alpha value is -0.470. The van der Waals surface area contributed by atoms with Crippen LogP contribution >= 0.6 is 11.8 Å². The van der Waals surface area contributed by atoms with E-state index in [1.54, 1.807) is 11.8 Å². The van der Waals surface area contributed by atoms with Crippen molar-refractivity contribution in [2.75, 3.05) is 12.8 Å². The maximum atomic E-state index is 3.58. The lowest BCUT2D eigenvalue weighted by atomic mass is 9.98. The summed E-state index contributed by atoms with van der Waals surface area (Å²) in [6, 6.07) is 9.84. The third-order valence-corrected chi connectivity index (χ3v) is 4.02. The van der Waals surface area contributed by atoms with Crippen LogP contribution in [-0.4, -0.2) is 18.8 Å². The van der Waals surface area contributed by atoms with E-state index in [4.69, 9.17) is 0 Å². The molecule has 1 nitrogen and oxygen atoms in total. The fourth-order valence-corrected chi connectivity index (χ4v) is 2.30. The summed E-state index contributed by atoms with van der Waals surface area (Å²) in [6.45, 7) is 3.48. The fourth-order valence-electron chi connectivity index (χ4n) is 1.89. The van der Waals surface area contributed by atoms with Gasteiger partial charge in [0.15, 0.2) is 0 Å². The summed E-state index contributed by atoms with van der Waals surface area (Å²) in [5.74, 6) is 0.669. The molecule has 2 rings (SSSR count). The lowest BCUT2D eigenvalue weighted by Crippen LogP contribution is -2.18. The number of hydrogen-bond acceptors (Lipinski definition) is 2. The molecule has 0 aromatic heterocycles. The maximum Gasteiger partial charge on any atom is 0.00693 e. The van der Waals surface area contributed by atoms with Gasteiger partial charge in [-0.05, 0) is 55.7 Å². The molecule has 1 fully saturated rings. The van der Waals surface area contributed by atoms with Gasteiger partial charge in [0, 0.05) is 10.9 Å². The molecule has 2 heteroatoms. The Bertz CT molecular complexity index is 316. The van der Waals surface area contributed by atoms with Crippen molar-refractivity contribution in [1.29, 1.82) is 0 Å². The van der Waals surface area contributed by atoms with Crippen molar-refractivity contribution in [3.63, 3.8) is 0 Å². The minimum atomic E-state index is 0.669. The third kappa shape index (κ3) is 3.53. The van der Waals surface area contributed by atoms with E-state index < -0.39 is 0 Å². The van der Waals surface area contributed by atoms with Crippen LogP contribution in [0.2, 0.25) is 0 Å². The van der Waals surface area contributed by atoms with E-state index in [2.05, 4.69) is 42.8 Å². The lowest BCUT2D eigenvalue weighted by Gasteiger charge is -2.12. The predicted molar refractivity (Wildman–Crippen MR) is 72.3 cm³/mol. The first-order valence-corrected chi connectivity index (χ1v) is 7.39. The molecule has 0 saturated heterocycles. The summed E-state index contributed by atoms with van der Waals surface area (Å²) in [4.78, 5) is 1.35. The van der Waals surface area contributed by atoms with E-state index in [9.17, 15) is 0 Å². The first kappa shape index (κ1) is 12.0. The van der Waals surface area contributed by atoms with Crippen molar-refractivity contribution in [1.82, 2.24) is 5.32 Å². The molecule has 0 radical (unpaired) electrons. The highest BCUT2D eigenvalue weighted by molar-refractivity contribution is 7.98. The molecule has 1 N–H and O–H groups in total. The van der Waals surface area contributed by atoms with Gasteiger partial charge in [-0.25, -0.2) is 0 Å². The predicted octanol–water partition coefficient (Wildman–Crippen LogP) is 3.65. The van der Waals surface area contributed by atoms with Crippen molar-refractivity contribution in [3.05, 3.63) is 29.8 Å². The maximum absolute atomic E-state index is 3.58. The first-order valence-electron chi connectivity index (χ1n) is 6.17. The first-order chi connectivity index (χ1) is 7.79. The second kappa shape index (κ2) is 5.74. The van der Waals surface area contributed by atoms with Crippen LogP contribution in [0.3, 0.4) is 0 Å². The Labute approximate surface area is 103 Å². The smallest absolute Gasteiger partial charge is 0.00693 e. The molecule has 0 amide bonds. The SMILES string of the molecule is CSc1ccc(C(C)CCNC2CC2)cc1. The van der Waals surface area contributed by atoms with Crippen LogP contribution in [0.25, 0.3) is 0 Å². The van der Waals surface area contributed by atoms with Gasteiger partial charge in [-0.2, -0.15) is 0 Å². The Morgan fingerprint density at radius 2 is 2.00 bits per heavy atom. The molecular weight excluding hydrogens is 214 g/mol. The van der Waals surface area contributed by atoms with Gasteiger partial charge in [-0.15, -0.1) is 11.8 Å². The van der Waals surface area contributed by atoms with Crippen LogP contribution < -0.4 is 5.32 Å². The van der Waals surface area contributed by atoms with Crippen molar-refractivity contribution < 1.29 is 0 Å².